The average molecular weight is 1190 g/mol. The van der Waals surface area contributed by atoms with Gasteiger partial charge in [-0.1, -0.05) is 194 Å². The highest BCUT2D eigenvalue weighted by atomic mass is 19.4. The number of rotatable bonds is 7. The van der Waals surface area contributed by atoms with Crippen LogP contribution in [0.1, 0.15) is 24.0 Å². The van der Waals surface area contributed by atoms with Gasteiger partial charge in [0.1, 0.15) is 0 Å². The Morgan fingerprint density at radius 3 is 1.28 bits per heavy atom. The first-order valence-electron chi connectivity index (χ1n) is 30.5. The molecular weight excluding hydrogens is 1140 g/mol. The van der Waals surface area contributed by atoms with Gasteiger partial charge in [-0.25, -0.2) is 0 Å². The molecule has 0 saturated carbocycles. The minimum Gasteiger partial charge on any atom is -0.309 e. The second-order valence-corrected chi connectivity index (χ2v) is 23.2. The summed E-state index contributed by atoms with van der Waals surface area (Å²) in [6.45, 7) is 0. The van der Waals surface area contributed by atoms with Crippen LogP contribution < -0.4 is 10.7 Å². The number of nitriles is 1. The summed E-state index contributed by atoms with van der Waals surface area (Å²) in [5, 5.41) is 18.8. The fourth-order valence-electron chi connectivity index (χ4n) is 13.0. The Morgan fingerprint density at radius 2 is 0.837 bits per heavy atom. The molecule has 7 nitrogen and oxygen atoms in total. The van der Waals surface area contributed by atoms with Gasteiger partial charge >= 0.3 is 6.18 Å². The summed E-state index contributed by atoms with van der Waals surface area (Å²) in [4.78, 5) is 19.6. The van der Waals surface area contributed by atoms with E-state index < -0.39 is 11.7 Å². The number of alkyl halides is 3. The molecule has 0 saturated heterocycles. The van der Waals surface area contributed by atoms with E-state index in [1.54, 1.807) is 28.8 Å². The van der Waals surface area contributed by atoms with Crippen molar-refractivity contribution in [2.75, 3.05) is 0 Å². The van der Waals surface area contributed by atoms with Crippen molar-refractivity contribution in [1.82, 2.24) is 29.1 Å². The van der Waals surface area contributed by atoms with Crippen molar-refractivity contribution in [2.24, 2.45) is 0 Å². The van der Waals surface area contributed by atoms with E-state index in [1.807, 2.05) is 205 Å². The number of pyridine rings is 4. The van der Waals surface area contributed by atoms with Crippen molar-refractivity contribution < 1.29 is 13.2 Å². The zero-order valence-corrected chi connectivity index (χ0v) is 49.4. The van der Waals surface area contributed by atoms with Gasteiger partial charge in [0.15, 0.2) is 0 Å². The standard InChI is InChI=1S/C82H52F3N7/c83-82(84,85)71-46-80(91-76-41-57(62-28-36-72(87-48-62)53-15-5-1-6-16-53)24-32-66(76)67-33-25-58(42-77(67)91)63-29-37-73(88-49-63)54-17-7-2-8-18-54)70(61-23-13-14-52(40-61)47-86)45-81(71)92-78-43-59(64-30-38-74(89-50-64)55-19-9-3-10-20-55)26-34-68(78)69-35-27-60(44-79(69)92)65-31-39-75(90-51-65)56-21-11-4-12-22-56/h1-15,17,19-46,48-51H,16,18H2. The quantitative estimate of drug-likeness (QED) is 0.159. The molecule has 16 rings (SSSR count). The number of hydrogen-bond donors (Lipinski definition) is 0. The monoisotopic (exact) mass is 1190 g/mol. The summed E-state index contributed by atoms with van der Waals surface area (Å²) >= 11 is 0. The van der Waals surface area contributed by atoms with Gasteiger partial charge < -0.3 is 9.13 Å². The van der Waals surface area contributed by atoms with Crippen LogP contribution >= 0.6 is 0 Å². The Kier molecular flexibility index (Phi) is 13.7. The molecule has 2 aliphatic rings. The molecule has 10 heteroatoms. The Labute approximate surface area is 526 Å². The molecule has 0 aliphatic heterocycles. The summed E-state index contributed by atoms with van der Waals surface area (Å²) in [7, 11) is 0. The lowest BCUT2D eigenvalue weighted by atomic mass is 9.97. The lowest BCUT2D eigenvalue weighted by Crippen LogP contribution is -2.13. The number of fused-ring (bicyclic) bond motifs is 6. The van der Waals surface area contributed by atoms with Gasteiger partial charge in [-0.05, 0) is 124 Å². The van der Waals surface area contributed by atoms with Gasteiger partial charge in [0.05, 0.1) is 72.7 Å². The van der Waals surface area contributed by atoms with Crippen molar-refractivity contribution in [1.29, 1.82) is 5.26 Å². The third kappa shape index (κ3) is 10.1. The minimum atomic E-state index is -4.91. The van der Waals surface area contributed by atoms with Crippen molar-refractivity contribution in [3.63, 3.8) is 0 Å². The van der Waals surface area contributed by atoms with Crippen LogP contribution in [0.2, 0.25) is 0 Å². The summed E-state index contributed by atoms with van der Waals surface area (Å²) in [6, 6.07) is 72.6. The summed E-state index contributed by atoms with van der Waals surface area (Å²) < 4.78 is 55.3. The maximum atomic E-state index is 17.2. The maximum Gasteiger partial charge on any atom is 0.418 e. The van der Waals surface area contributed by atoms with Crippen molar-refractivity contribution >= 4 is 54.8 Å². The fraction of sp³-hybridized carbons (Fsp3) is 0.0366. The average Bonchev–Trinajstić information content (AvgIpc) is 1.57. The van der Waals surface area contributed by atoms with E-state index in [0.717, 1.165) is 122 Å². The van der Waals surface area contributed by atoms with Gasteiger partial charge in [0, 0.05) is 84.6 Å². The molecule has 14 aromatic rings. The van der Waals surface area contributed by atoms with Crippen LogP contribution in [0.4, 0.5) is 13.2 Å². The van der Waals surface area contributed by atoms with E-state index in [-0.39, 0.29) is 11.4 Å². The first-order chi connectivity index (χ1) is 45.2. The third-order valence-corrected chi connectivity index (χ3v) is 17.7. The van der Waals surface area contributed by atoms with Crippen LogP contribution in [0.25, 0.3) is 122 Å². The lowest BCUT2D eigenvalue weighted by Gasteiger charge is -2.22. The third-order valence-electron chi connectivity index (χ3n) is 17.7. The molecule has 8 aromatic carbocycles. The highest BCUT2D eigenvalue weighted by Gasteiger charge is 2.37. The van der Waals surface area contributed by atoms with Gasteiger partial charge in [0.25, 0.3) is 0 Å². The zero-order chi connectivity index (χ0) is 61.9. The molecule has 0 amide bonds. The van der Waals surface area contributed by atoms with Gasteiger partial charge in [0.2, 0.25) is 0 Å². The Bertz CT molecular complexity index is 5510. The molecule has 6 heterocycles. The summed E-state index contributed by atoms with van der Waals surface area (Å²) in [5.41, 5.74) is 12.1. The predicted molar refractivity (Wildman–Crippen MR) is 363 cm³/mol. The lowest BCUT2D eigenvalue weighted by molar-refractivity contribution is -0.137. The first kappa shape index (κ1) is 55.3. The van der Waals surface area contributed by atoms with E-state index in [1.165, 1.54) is 6.07 Å². The molecule has 0 bridgehead atoms. The van der Waals surface area contributed by atoms with E-state index in [0.29, 0.717) is 38.8 Å². The van der Waals surface area contributed by atoms with Crippen LogP contribution in [0.3, 0.4) is 0 Å². The molecule has 436 valence electrons. The second kappa shape index (κ2) is 22.8. The van der Waals surface area contributed by atoms with E-state index >= 15 is 13.2 Å². The normalized spacial score (nSPS) is 15.0. The fourth-order valence-corrected chi connectivity index (χ4v) is 13.0. The summed E-state index contributed by atoms with van der Waals surface area (Å²) in [5.74, 6) is 0. The molecule has 0 fully saturated rings. The molecule has 0 N–H and O–H groups in total. The maximum absolute atomic E-state index is 17.2. The van der Waals surface area contributed by atoms with Gasteiger partial charge in [-0.3, -0.25) is 19.9 Å². The highest BCUT2D eigenvalue weighted by Crippen LogP contribution is 2.46. The Balaban J connectivity index is 0.988. The number of aromatic nitrogens is 6. The van der Waals surface area contributed by atoms with Crippen LogP contribution in [0.5, 0.6) is 0 Å². The molecule has 2 aliphatic carbocycles. The first-order valence-corrected chi connectivity index (χ1v) is 30.5. The van der Waals surface area contributed by atoms with Crippen LogP contribution in [0.15, 0.2) is 292 Å². The van der Waals surface area contributed by atoms with E-state index in [9.17, 15) is 5.26 Å². The minimum absolute atomic E-state index is 0.0928. The van der Waals surface area contributed by atoms with Crippen LogP contribution in [0, 0.1) is 32.2 Å². The molecule has 0 radical (unpaired) electrons. The second-order valence-electron chi connectivity index (χ2n) is 23.2. The smallest absolute Gasteiger partial charge is 0.309 e. The van der Waals surface area contributed by atoms with E-state index in [2.05, 4.69) is 66.8 Å². The number of halogens is 3. The zero-order valence-electron chi connectivity index (χ0n) is 49.4. The van der Waals surface area contributed by atoms with Crippen molar-refractivity contribution in [3.05, 3.63) is 334 Å². The molecule has 0 spiro atoms. The largest absolute Gasteiger partial charge is 0.418 e. The number of allylic oxidation sites excluding steroid dienone is 8. The Morgan fingerprint density at radius 1 is 0.370 bits per heavy atom. The molecular formula is C82H52F3N7. The number of benzene rings is 8. The summed E-state index contributed by atoms with van der Waals surface area (Å²) in [6.07, 6.45) is 20.4. The van der Waals surface area contributed by atoms with Gasteiger partial charge in [-0.15, -0.1) is 0 Å². The van der Waals surface area contributed by atoms with Crippen LogP contribution in [-0.4, -0.2) is 29.1 Å². The molecule has 0 unspecified atom stereocenters. The van der Waals surface area contributed by atoms with E-state index in [4.69, 9.17) is 19.9 Å². The molecule has 6 aromatic heterocycles. The topological polar surface area (TPSA) is 85.2 Å². The molecule has 92 heavy (non-hydrogen) atoms. The number of hydrogen-bond acceptors (Lipinski definition) is 5. The van der Waals surface area contributed by atoms with Crippen LogP contribution in [-0.2, 0) is 6.18 Å². The Hall–Kier alpha value is -12.1. The van der Waals surface area contributed by atoms with Crippen molar-refractivity contribution in [2.45, 2.75) is 19.0 Å². The molecule has 0 atom stereocenters. The predicted octanol–water partition coefficient (Wildman–Crippen LogP) is 18.6. The highest BCUT2D eigenvalue weighted by molar-refractivity contribution is 6.12. The van der Waals surface area contributed by atoms with Crippen molar-refractivity contribution in [3.8, 4) is 73.3 Å². The number of nitrogens with zero attached hydrogens (tertiary/aromatic N) is 7. The SMILES string of the molecule is N#Cc1cccc(-c2cc(-n3c4cc(-c5ccc(-c6ccccc6)nc5)ccc4c4ccc(-c5ccc(-c6ccccc6)nc5)cc43)c(C(F)(F)F)cc2-n2c3cc(=c4ccc(=C5C=CC=CC5)nc4)ccc3c3ccc(=c4ccc(=C5C=CC=CC5)nc4)cc32)c1. The van der Waals surface area contributed by atoms with Gasteiger partial charge in [-0.2, -0.15) is 18.4 Å².